The predicted octanol–water partition coefficient (Wildman–Crippen LogP) is 6.18. The van der Waals surface area contributed by atoms with E-state index in [4.69, 9.17) is 9.84 Å². The van der Waals surface area contributed by atoms with Crippen molar-refractivity contribution >= 4 is 29.8 Å². The number of amides is 1. The average molecular weight is 501 g/mol. The lowest BCUT2D eigenvalue weighted by atomic mass is 9.82. The Morgan fingerprint density at radius 3 is 2.24 bits per heavy atom. The van der Waals surface area contributed by atoms with Crippen LogP contribution in [-0.2, 0) is 9.53 Å². The highest BCUT2D eigenvalue weighted by molar-refractivity contribution is 6.02. The second-order valence-electron chi connectivity index (χ2n) is 10.00. The van der Waals surface area contributed by atoms with Gasteiger partial charge in [0.2, 0.25) is 5.91 Å². The van der Waals surface area contributed by atoms with Crippen LogP contribution in [0.2, 0.25) is 0 Å². The topological polar surface area (TPSA) is 77.3 Å². The number of benzene rings is 1. The minimum Gasteiger partial charge on any atom is -0.462 e. The molecule has 0 unspecified atom stereocenters. The molecule has 0 atom stereocenters. The van der Waals surface area contributed by atoms with Gasteiger partial charge in [0.25, 0.3) is 0 Å². The molecule has 0 spiro atoms. The summed E-state index contributed by atoms with van der Waals surface area (Å²) in [4.78, 5) is 32.3. The Balaban J connectivity index is 1.64. The molecule has 4 rings (SSSR count). The first-order valence-electron chi connectivity index (χ1n) is 13.2. The summed E-state index contributed by atoms with van der Waals surface area (Å²) in [6.45, 7) is 8.18. The standard InChI is InChI=1S/C30H36N4O3/c1-5-37-30(36)27-20-33(26-14-10-23(11-15-26)8-9-24-16-18-31-19-17-24)32-28(27)34(21(2)3)29(35)25-12-6-22(4)7-13-25/h8-11,14-22,25H,5-7,12-13H2,1-4H3/t22-,25-. The summed E-state index contributed by atoms with van der Waals surface area (Å²) in [5.74, 6) is 0.517. The summed E-state index contributed by atoms with van der Waals surface area (Å²) in [6, 6.07) is 11.6. The Morgan fingerprint density at radius 1 is 1.03 bits per heavy atom. The molecule has 1 aliphatic rings. The number of anilines is 1. The third kappa shape index (κ3) is 6.34. The fourth-order valence-electron chi connectivity index (χ4n) is 4.74. The fourth-order valence-corrected chi connectivity index (χ4v) is 4.74. The Hall–Kier alpha value is -3.74. The largest absolute Gasteiger partial charge is 0.462 e. The number of ether oxygens (including phenoxy) is 1. The lowest BCUT2D eigenvalue weighted by Crippen LogP contribution is -2.43. The van der Waals surface area contributed by atoms with E-state index in [9.17, 15) is 9.59 Å². The van der Waals surface area contributed by atoms with Crippen molar-refractivity contribution in [3.05, 3.63) is 71.7 Å². The zero-order chi connectivity index (χ0) is 26.4. The molecule has 1 saturated carbocycles. The van der Waals surface area contributed by atoms with Crippen molar-refractivity contribution in [3.8, 4) is 5.69 Å². The van der Waals surface area contributed by atoms with Gasteiger partial charge in [0, 0.05) is 30.6 Å². The van der Waals surface area contributed by atoms with Crippen LogP contribution < -0.4 is 4.90 Å². The number of aromatic nitrogens is 3. The highest BCUT2D eigenvalue weighted by atomic mass is 16.5. The first kappa shape index (κ1) is 26.3. The Kier molecular flexibility index (Phi) is 8.54. The molecule has 2 aromatic heterocycles. The van der Waals surface area contributed by atoms with E-state index < -0.39 is 5.97 Å². The van der Waals surface area contributed by atoms with Gasteiger partial charge in [-0.05, 0) is 87.8 Å². The number of nitrogens with zero attached hydrogens (tertiary/aromatic N) is 4. The molecular weight excluding hydrogens is 464 g/mol. The maximum atomic E-state index is 13.7. The van der Waals surface area contributed by atoms with Crippen LogP contribution in [0.15, 0.2) is 55.0 Å². The van der Waals surface area contributed by atoms with E-state index in [2.05, 4.69) is 11.9 Å². The van der Waals surface area contributed by atoms with E-state index >= 15 is 0 Å². The van der Waals surface area contributed by atoms with E-state index in [0.717, 1.165) is 42.5 Å². The Morgan fingerprint density at radius 2 is 1.65 bits per heavy atom. The molecule has 7 nitrogen and oxygen atoms in total. The van der Waals surface area contributed by atoms with Gasteiger partial charge in [-0.3, -0.25) is 14.7 Å². The minimum atomic E-state index is -0.476. The third-order valence-electron chi connectivity index (χ3n) is 6.87. The van der Waals surface area contributed by atoms with Gasteiger partial charge < -0.3 is 4.74 Å². The maximum Gasteiger partial charge on any atom is 0.343 e. The summed E-state index contributed by atoms with van der Waals surface area (Å²) in [5.41, 5.74) is 3.19. The number of esters is 1. The van der Waals surface area contributed by atoms with E-state index in [1.165, 1.54) is 0 Å². The summed E-state index contributed by atoms with van der Waals surface area (Å²) in [7, 11) is 0. The van der Waals surface area contributed by atoms with Crippen LogP contribution in [0.5, 0.6) is 0 Å². The average Bonchev–Trinajstić information content (AvgIpc) is 3.33. The molecule has 0 aliphatic heterocycles. The lowest BCUT2D eigenvalue weighted by molar-refractivity contribution is -0.124. The number of carbonyl (C=O) groups is 2. The first-order valence-corrected chi connectivity index (χ1v) is 13.2. The van der Waals surface area contributed by atoms with Crippen molar-refractivity contribution in [2.45, 2.75) is 59.4 Å². The Labute approximate surface area is 219 Å². The van der Waals surface area contributed by atoms with Crippen molar-refractivity contribution in [3.63, 3.8) is 0 Å². The van der Waals surface area contributed by atoms with Crippen molar-refractivity contribution in [1.82, 2.24) is 14.8 Å². The molecule has 7 heteroatoms. The van der Waals surface area contributed by atoms with Crippen LogP contribution in [0.25, 0.3) is 17.8 Å². The molecule has 1 amide bonds. The molecule has 194 valence electrons. The lowest BCUT2D eigenvalue weighted by Gasteiger charge is -2.32. The van der Waals surface area contributed by atoms with Crippen molar-refractivity contribution in [2.24, 2.45) is 11.8 Å². The van der Waals surface area contributed by atoms with Crippen LogP contribution >= 0.6 is 0 Å². The summed E-state index contributed by atoms with van der Waals surface area (Å²) in [6.07, 6.45) is 13.1. The molecule has 0 saturated heterocycles. The van der Waals surface area contributed by atoms with Gasteiger partial charge in [-0.2, -0.15) is 0 Å². The highest BCUT2D eigenvalue weighted by Gasteiger charge is 2.34. The molecule has 3 aromatic rings. The van der Waals surface area contributed by atoms with Crippen LogP contribution in [0.4, 0.5) is 5.82 Å². The van der Waals surface area contributed by atoms with Crippen molar-refractivity contribution in [2.75, 3.05) is 11.5 Å². The molecule has 0 radical (unpaired) electrons. The molecule has 37 heavy (non-hydrogen) atoms. The number of hydrogen-bond donors (Lipinski definition) is 0. The summed E-state index contributed by atoms with van der Waals surface area (Å²) in [5, 5.41) is 4.76. The van der Waals surface area contributed by atoms with Gasteiger partial charge >= 0.3 is 5.97 Å². The minimum absolute atomic E-state index is 0.0364. The molecular formula is C30H36N4O3. The molecule has 1 aliphatic carbocycles. The second-order valence-corrected chi connectivity index (χ2v) is 10.00. The smallest absolute Gasteiger partial charge is 0.343 e. The number of carbonyl (C=O) groups excluding carboxylic acids is 2. The number of hydrogen-bond acceptors (Lipinski definition) is 5. The van der Waals surface area contributed by atoms with E-state index in [-0.39, 0.29) is 24.5 Å². The molecule has 0 N–H and O–H groups in total. The van der Waals surface area contributed by atoms with Crippen molar-refractivity contribution < 1.29 is 14.3 Å². The molecule has 2 heterocycles. The highest BCUT2D eigenvalue weighted by Crippen LogP contribution is 2.33. The zero-order valence-corrected chi connectivity index (χ0v) is 22.1. The van der Waals surface area contributed by atoms with Gasteiger partial charge in [-0.25, -0.2) is 9.48 Å². The van der Waals surface area contributed by atoms with Gasteiger partial charge in [-0.15, -0.1) is 5.10 Å². The van der Waals surface area contributed by atoms with Crippen LogP contribution in [0.1, 0.15) is 74.9 Å². The summed E-state index contributed by atoms with van der Waals surface area (Å²) >= 11 is 0. The number of pyridine rings is 1. The van der Waals surface area contributed by atoms with Crippen LogP contribution in [0.3, 0.4) is 0 Å². The van der Waals surface area contributed by atoms with E-state index in [0.29, 0.717) is 17.3 Å². The normalized spacial score (nSPS) is 17.8. The number of rotatable bonds is 8. The quantitative estimate of drug-likeness (QED) is 0.345. The molecule has 1 fully saturated rings. The van der Waals surface area contributed by atoms with Gasteiger partial charge in [0.15, 0.2) is 5.82 Å². The molecule has 1 aromatic carbocycles. The Bertz CT molecular complexity index is 1220. The predicted molar refractivity (Wildman–Crippen MR) is 146 cm³/mol. The van der Waals surface area contributed by atoms with E-state index in [1.54, 1.807) is 35.1 Å². The first-order chi connectivity index (χ1) is 17.9. The van der Waals surface area contributed by atoms with Gasteiger partial charge in [-0.1, -0.05) is 31.2 Å². The van der Waals surface area contributed by atoms with Gasteiger partial charge in [0.1, 0.15) is 5.56 Å². The zero-order valence-electron chi connectivity index (χ0n) is 22.1. The summed E-state index contributed by atoms with van der Waals surface area (Å²) < 4.78 is 6.99. The van der Waals surface area contributed by atoms with Crippen LogP contribution in [0, 0.1) is 11.8 Å². The van der Waals surface area contributed by atoms with Crippen molar-refractivity contribution in [1.29, 1.82) is 0 Å². The van der Waals surface area contributed by atoms with Crippen LogP contribution in [-0.4, -0.2) is 39.3 Å². The molecule has 0 bridgehead atoms. The third-order valence-corrected chi connectivity index (χ3v) is 6.87. The van der Waals surface area contributed by atoms with E-state index in [1.807, 2.05) is 62.4 Å². The fraction of sp³-hybridized carbons (Fsp3) is 0.400. The second kappa shape index (κ2) is 12.0. The maximum absolute atomic E-state index is 13.7. The SMILES string of the molecule is CCOC(=O)c1cn(-c2ccc(C=Cc3ccncc3)cc2)nc1N(C(=O)[C@H]1CC[C@H](C)CC1)C(C)C. The monoisotopic (exact) mass is 500 g/mol. The van der Waals surface area contributed by atoms with Gasteiger partial charge in [0.05, 0.1) is 12.3 Å².